The van der Waals surface area contributed by atoms with Gasteiger partial charge in [-0.1, -0.05) is 60.7 Å². The smallest absolute Gasteiger partial charge is 0.340 e. The molecule has 0 unspecified atom stereocenters. The molecule has 0 bridgehead atoms. The Hall–Kier alpha value is -3.16. The van der Waals surface area contributed by atoms with Gasteiger partial charge in [-0.3, -0.25) is 0 Å². The second kappa shape index (κ2) is 8.89. The van der Waals surface area contributed by atoms with Crippen LogP contribution < -0.4 is 10.5 Å². The summed E-state index contributed by atoms with van der Waals surface area (Å²) in [6, 6.07) is 24.1. The van der Waals surface area contributed by atoms with E-state index in [4.69, 9.17) is 9.88 Å². The lowest BCUT2D eigenvalue weighted by Crippen LogP contribution is -2.18. The first kappa shape index (κ1) is 20.6. The first-order valence-corrected chi connectivity index (χ1v) is 10.5. The largest absolute Gasteiger partial charge is 0.465 e. The molecule has 0 fully saturated rings. The molecule has 0 atom stereocenters. The number of hydrogen-bond donors (Lipinski definition) is 2. The Morgan fingerprint density at radius 2 is 1.52 bits per heavy atom. The second-order valence-corrected chi connectivity index (χ2v) is 8.06. The lowest BCUT2D eigenvalue weighted by atomic mass is 9.91. The molecule has 0 radical (unpaired) electrons. The van der Waals surface area contributed by atoms with Crippen LogP contribution in [0.25, 0.3) is 0 Å². The van der Waals surface area contributed by atoms with Gasteiger partial charge in [0.05, 0.1) is 17.6 Å². The van der Waals surface area contributed by atoms with Crippen LogP contribution in [0.4, 0.5) is 5.69 Å². The number of benzene rings is 3. The van der Waals surface area contributed by atoms with Gasteiger partial charge in [-0.05, 0) is 29.3 Å². The molecule has 0 amide bonds. The standard InChI is InChI=1S/C22H22N2O4S/c1-28-22(25)19-14-18(29(23,26)27)12-13-21(19)24-15-20(16-8-4-2-5-9-16)17-10-6-3-7-11-17/h2-14,20,24H,15H2,1H3,(H2,23,26,27). The van der Waals surface area contributed by atoms with Crippen LogP contribution in [-0.4, -0.2) is 28.0 Å². The van der Waals surface area contributed by atoms with Crippen molar-refractivity contribution >= 4 is 21.7 Å². The molecule has 0 saturated heterocycles. The van der Waals surface area contributed by atoms with Crippen LogP contribution in [0.2, 0.25) is 0 Å². The quantitative estimate of drug-likeness (QED) is 0.582. The van der Waals surface area contributed by atoms with Crippen molar-refractivity contribution in [2.24, 2.45) is 5.14 Å². The van der Waals surface area contributed by atoms with Gasteiger partial charge >= 0.3 is 5.97 Å². The van der Waals surface area contributed by atoms with E-state index in [1.807, 2.05) is 60.7 Å². The van der Waals surface area contributed by atoms with Gasteiger partial charge in [0.2, 0.25) is 10.0 Å². The van der Waals surface area contributed by atoms with Gasteiger partial charge in [0.15, 0.2) is 0 Å². The van der Waals surface area contributed by atoms with Crippen molar-refractivity contribution in [3.05, 3.63) is 95.6 Å². The molecule has 7 heteroatoms. The number of carbonyl (C=O) groups excluding carboxylic acids is 1. The maximum Gasteiger partial charge on any atom is 0.340 e. The summed E-state index contributed by atoms with van der Waals surface area (Å²) >= 11 is 0. The number of sulfonamides is 1. The van der Waals surface area contributed by atoms with Crippen molar-refractivity contribution in [3.63, 3.8) is 0 Å². The number of carbonyl (C=O) groups is 1. The fraction of sp³-hybridized carbons (Fsp3) is 0.136. The molecule has 0 heterocycles. The minimum Gasteiger partial charge on any atom is -0.465 e. The van der Waals surface area contributed by atoms with Crippen molar-refractivity contribution < 1.29 is 17.9 Å². The SMILES string of the molecule is COC(=O)c1cc(S(N)(=O)=O)ccc1NCC(c1ccccc1)c1ccccc1. The molecule has 3 rings (SSSR count). The normalized spacial score (nSPS) is 11.3. The van der Waals surface area contributed by atoms with E-state index in [1.54, 1.807) is 0 Å². The Morgan fingerprint density at radius 3 is 2.00 bits per heavy atom. The highest BCUT2D eigenvalue weighted by atomic mass is 32.2. The minimum absolute atomic E-state index is 0.0285. The molecular formula is C22H22N2O4S. The number of primary sulfonamides is 1. The monoisotopic (exact) mass is 410 g/mol. The third-order valence-electron chi connectivity index (χ3n) is 4.63. The topological polar surface area (TPSA) is 98.5 Å². The van der Waals surface area contributed by atoms with E-state index in [1.165, 1.54) is 25.3 Å². The zero-order valence-corrected chi connectivity index (χ0v) is 16.7. The summed E-state index contributed by atoms with van der Waals surface area (Å²) in [6.07, 6.45) is 0. The molecule has 0 aromatic heterocycles. The molecule has 0 aliphatic rings. The first-order chi connectivity index (χ1) is 13.9. The molecule has 6 nitrogen and oxygen atoms in total. The molecule has 0 aliphatic heterocycles. The molecule has 3 aromatic carbocycles. The van der Waals surface area contributed by atoms with Crippen molar-refractivity contribution in [3.8, 4) is 0 Å². The minimum atomic E-state index is -3.94. The first-order valence-electron chi connectivity index (χ1n) is 8.99. The number of anilines is 1. The van der Waals surface area contributed by atoms with Crippen molar-refractivity contribution in [2.45, 2.75) is 10.8 Å². The highest BCUT2D eigenvalue weighted by molar-refractivity contribution is 7.89. The third-order valence-corrected chi connectivity index (χ3v) is 5.54. The third kappa shape index (κ3) is 5.01. The number of methoxy groups -OCH3 is 1. The van der Waals surface area contributed by atoms with E-state index >= 15 is 0 Å². The van der Waals surface area contributed by atoms with Crippen molar-refractivity contribution in [2.75, 3.05) is 19.0 Å². The van der Waals surface area contributed by atoms with E-state index in [-0.39, 0.29) is 16.4 Å². The Balaban J connectivity index is 1.94. The molecule has 3 aromatic rings. The predicted octanol–water partition coefficient (Wildman–Crippen LogP) is 3.36. The number of esters is 1. The molecular weight excluding hydrogens is 388 g/mol. The van der Waals surface area contributed by atoms with Crippen LogP contribution >= 0.6 is 0 Å². The van der Waals surface area contributed by atoms with E-state index < -0.39 is 16.0 Å². The number of nitrogens with two attached hydrogens (primary N) is 1. The van der Waals surface area contributed by atoms with Gasteiger partial charge in [-0.15, -0.1) is 0 Å². The number of nitrogens with one attached hydrogen (secondary N) is 1. The van der Waals surface area contributed by atoms with Crippen LogP contribution in [-0.2, 0) is 14.8 Å². The van der Waals surface area contributed by atoms with Gasteiger partial charge < -0.3 is 10.1 Å². The lowest BCUT2D eigenvalue weighted by Gasteiger charge is -2.20. The average molecular weight is 410 g/mol. The molecule has 3 N–H and O–H groups in total. The molecule has 29 heavy (non-hydrogen) atoms. The van der Waals surface area contributed by atoms with Gasteiger partial charge in [-0.2, -0.15) is 0 Å². The second-order valence-electron chi connectivity index (χ2n) is 6.50. The predicted molar refractivity (Wildman–Crippen MR) is 112 cm³/mol. The number of rotatable bonds is 7. The van der Waals surface area contributed by atoms with Gasteiger partial charge in [0, 0.05) is 18.2 Å². The highest BCUT2D eigenvalue weighted by Gasteiger charge is 2.19. The van der Waals surface area contributed by atoms with Gasteiger partial charge in [0.25, 0.3) is 0 Å². The summed E-state index contributed by atoms with van der Waals surface area (Å²) in [7, 11) is -2.69. The maximum atomic E-state index is 12.2. The number of hydrogen-bond acceptors (Lipinski definition) is 5. The van der Waals surface area contributed by atoms with E-state index in [0.717, 1.165) is 11.1 Å². The van der Waals surface area contributed by atoms with Crippen LogP contribution in [0.5, 0.6) is 0 Å². The van der Waals surface area contributed by atoms with Crippen LogP contribution in [0.15, 0.2) is 83.8 Å². The maximum absolute atomic E-state index is 12.2. The van der Waals surface area contributed by atoms with Gasteiger partial charge in [-0.25, -0.2) is 18.4 Å². The summed E-state index contributed by atoms with van der Waals surface area (Å²) in [5.74, 6) is -0.616. The zero-order chi connectivity index (χ0) is 20.9. The van der Waals surface area contributed by atoms with Crippen molar-refractivity contribution in [1.82, 2.24) is 0 Å². The Morgan fingerprint density at radius 1 is 0.966 bits per heavy atom. The van der Waals surface area contributed by atoms with E-state index in [0.29, 0.717) is 12.2 Å². The summed E-state index contributed by atoms with van der Waals surface area (Å²) in [6.45, 7) is 0.493. The summed E-state index contributed by atoms with van der Waals surface area (Å²) in [5, 5.41) is 8.46. The van der Waals surface area contributed by atoms with Crippen LogP contribution in [0.3, 0.4) is 0 Å². The van der Waals surface area contributed by atoms with E-state index in [9.17, 15) is 13.2 Å². The average Bonchev–Trinajstić information content (AvgIpc) is 2.74. The molecule has 0 aliphatic carbocycles. The Labute approximate surface area is 170 Å². The lowest BCUT2D eigenvalue weighted by molar-refractivity contribution is 0.0601. The van der Waals surface area contributed by atoms with Gasteiger partial charge in [0.1, 0.15) is 0 Å². The Bertz CT molecular complexity index is 1040. The summed E-state index contributed by atoms with van der Waals surface area (Å²) in [5.41, 5.74) is 2.82. The zero-order valence-electron chi connectivity index (χ0n) is 15.9. The summed E-state index contributed by atoms with van der Waals surface area (Å²) in [4.78, 5) is 12.1. The fourth-order valence-electron chi connectivity index (χ4n) is 3.14. The van der Waals surface area contributed by atoms with Crippen LogP contribution in [0.1, 0.15) is 27.4 Å². The fourth-order valence-corrected chi connectivity index (χ4v) is 3.68. The molecule has 150 valence electrons. The molecule has 0 saturated carbocycles. The van der Waals surface area contributed by atoms with Crippen molar-refractivity contribution in [1.29, 1.82) is 0 Å². The number of ether oxygens (including phenoxy) is 1. The highest BCUT2D eigenvalue weighted by Crippen LogP contribution is 2.27. The molecule has 0 spiro atoms. The summed E-state index contributed by atoms with van der Waals surface area (Å²) < 4.78 is 28.1. The van der Waals surface area contributed by atoms with E-state index in [2.05, 4.69) is 5.32 Å². The Kier molecular flexibility index (Phi) is 6.31. The van der Waals surface area contributed by atoms with Crippen LogP contribution in [0, 0.1) is 0 Å².